The van der Waals surface area contributed by atoms with Crippen LogP contribution in [0.4, 0.5) is 11.4 Å². The van der Waals surface area contributed by atoms with E-state index in [1.54, 1.807) is 18.2 Å². The second-order valence-electron chi connectivity index (χ2n) is 5.95. The Kier molecular flexibility index (Phi) is 6.57. The molecule has 0 saturated carbocycles. The molecule has 5 nitrogen and oxygen atoms in total. The average Bonchev–Trinajstić information content (AvgIpc) is 2.60. The number of nitrogen functional groups attached to an aromatic ring is 1. The molecule has 0 aromatic heterocycles. The fourth-order valence-corrected chi connectivity index (χ4v) is 2.37. The van der Waals surface area contributed by atoms with Crippen molar-refractivity contribution in [3.05, 3.63) is 53.6 Å². The minimum atomic E-state index is -0.267. The zero-order chi connectivity index (χ0) is 18.2. The lowest BCUT2D eigenvalue weighted by Gasteiger charge is -2.10. The van der Waals surface area contributed by atoms with E-state index in [9.17, 15) is 9.59 Å². The van der Waals surface area contributed by atoms with Crippen LogP contribution in [0.1, 0.15) is 42.6 Å². The number of anilines is 2. The average molecular weight is 340 g/mol. The van der Waals surface area contributed by atoms with E-state index in [1.165, 1.54) is 12.5 Å². The van der Waals surface area contributed by atoms with E-state index in [4.69, 9.17) is 10.5 Å². The Morgan fingerprint density at radius 1 is 1.12 bits per heavy atom. The lowest BCUT2D eigenvalue weighted by molar-refractivity contribution is -0.118. The van der Waals surface area contributed by atoms with E-state index in [0.29, 0.717) is 17.0 Å². The summed E-state index contributed by atoms with van der Waals surface area (Å²) in [5.41, 5.74) is 8.68. The van der Waals surface area contributed by atoms with E-state index in [2.05, 4.69) is 12.2 Å². The normalized spacial score (nSPS) is 10.3. The molecular weight excluding hydrogens is 316 g/mol. The second kappa shape index (κ2) is 8.87. The molecule has 3 N–H and O–H groups in total. The lowest BCUT2D eigenvalue weighted by atomic mass is 10.1. The molecule has 0 radical (unpaired) electrons. The topological polar surface area (TPSA) is 81.4 Å². The van der Waals surface area contributed by atoms with Crippen LogP contribution in [0.2, 0.25) is 0 Å². The number of nitrogens with one attached hydrogen (secondary N) is 1. The first-order valence-electron chi connectivity index (χ1n) is 8.41. The summed E-state index contributed by atoms with van der Waals surface area (Å²) in [6.45, 7) is 3.48. The van der Waals surface area contributed by atoms with Crippen LogP contribution in [0.25, 0.3) is 0 Å². The van der Waals surface area contributed by atoms with Crippen LogP contribution in [0, 0.1) is 0 Å². The molecule has 0 aliphatic carbocycles. The maximum Gasteiger partial charge on any atom is 0.262 e. The largest absolute Gasteiger partial charge is 0.482 e. The summed E-state index contributed by atoms with van der Waals surface area (Å²) in [6.07, 6.45) is 3.36. The van der Waals surface area contributed by atoms with E-state index in [-0.39, 0.29) is 18.3 Å². The number of rotatable bonds is 8. The molecule has 132 valence electrons. The van der Waals surface area contributed by atoms with E-state index < -0.39 is 0 Å². The molecule has 0 heterocycles. The molecule has 1 amide bonds. The van der Waals surface area contributed by atoms with Crippen molar-refractivity contribution in [1.29, 1.82) is 0 Å². The quantitative estimate of drug-likeness (QED) is 0.565. The third kappa shape index (κ3) is 5.64. The minimum absolute atomic E-state index is 0.0709. The van der Waals surface area contributed by atoms with Crippen molar-refractivity contribution in [2.45, 2.75) is 33.1 Å². The zero-order valence-electron chi connectivity index (χ0n) is 14.7. The highest BCUT2D eigenvalue weighted by molar-refractivity contribution is 5.95. The van der Waals surface area contributed by atoms with Crippen molar-refractivity contribution in [2.24, 2.45) is 0 Å². The Hall–Kier alpha value is -2.82. The minimum Gasteiger partial charge on any atom is -0.482 e. The van der Waals surface area contributed by atoms with Crippen LogP contribution >= 0.6 is 0 Å². The Morgan fingerprint density at radius 3 is 2.44 bits per heavy atom. The molecule has 0 atom stereocenters. The highest BCUT2D eigenvalue weighted by Gasteiger charge is 2.08. The van der Waals surface area contributed by atoms with Crippen molar-refractivity contribution >= 4 is 23.1 Å². The number of hydrogen-bond donors (Lipinski definition) is 2. The highest BCUT2D eigenvalue weighted by atomic mass is 16.5. The summed E-state index contributed by atoms with van der Waals surface area (Å²) in [7, 11) is 0. The number of ether oxygens (including phenoxy) is 1. The third-order valence-corrected chi connectivity index (χ3v) is 3.83. The fraction of sp³-hybridized carbons (Fsp3) is 0.300. The van der Waals surface area contributed by atoms with Gasteiger partial charge in [-0.05, 0) is 55.7 Å². The first-order chi connectivity index (χ1) is 12.0. The van der Waals surface area contributed by atoms with Gasteiger partial charge in [-0.25, -0.2) is 0 Å². The standard InChI is InChI=1S/C20H24N2O3/c1-3-4-5-15-6-9-17(10-7-15)22-20(24)13-25-19-11-8-16(14(2)23)12-18(19)21/h6-12H,3-5,13,21H2,1-2H3,(H,22,24). The number of Topliss-reactive ketones (excluding diaryl/α,β-unsaturated/α-hetero) is 1. The van der Waals surface area contributed by atoms with E-state index in [1.807, 2.05) is 24.3 Å². The van der Waals surface area contributed by atoms with Crippen LogP contribution < -0.4 is 15.8 Å². The second-order valence-corrected chi connectivity index (χ2v) is 5.95. The molecule has 0 fully saturated rings. The maximum absolute atomic E-state index is 12.0. The molecule has 0 bridgehead atoms. The fourth-order valence-electron chi connectivity index (χ4n) is 2.37. The molecule has 0 saturated heterocycles. The van der Waals surface area contributed by atoms with Gasteiger partial charge >= 0.3 is 0 Å². The molecule has 5 heteroatoms. The van der Waals surface area contributed by atoms with Crippen molar-refractivity contribution in [3.63, 3.8) is 0 Å². The van der Waals surface area contributed by atoms with Crippen molar-refractivity contribution in [2.75, 3.05) is 17.7 Å². The van der Waals surface area contributed by atoms with Gasteiger partial charge in [-0.1, -0.05) is 25.5 Å². The first kappa shape index (κ1) is 18.5. The van der Waals surface area contributed by atoms with Gasteiger partial charge in [-0.2, -0.15) is 0 Å². The summed E-state index contributed by atoms with van der Waals surface area (Å²) in [4.78, 5) is 23.3. The number of carbonyl (C=O) groups is 2. The Bertz CT molecular complexity index is 739. The molecule has 0 aliphatic rings. The van der Waals surface area contributed by atoms with Gasteiger partial charge in [0.25, 0.3) is 5.91 Å². The predicted octanol–water partition coefficient (Wildman–Crippen LogP) is 3.83. The van der Waals surface area contributed by atoms with Crippen molar-refractivity contribution in [3.8, 4) is 5.75 Å². The number of carbonyl (C=O) groups excluding carboxylic acids is 2. The number of hydrogen-bond acceptors (Lipinski definition) is 4. The lowest BCUT2D eigenvalue weighted by Crippen LogP contribution is -2.20. The summed E-state index contributed by atoms with van der Waals surface area (Å²) in [5.74, 6) is 0.0461. The number of benzene rings is 2. The monoisotopic (exact) mass is 340 g/mol. The predicted molar refractivity (Wildman–Crippen MR) is 100 cm³/mol. The highest BCUT2D eigenvalue weighted by Crippen LogP contribution is 2.22. The van der Waals surface area contributed by atoms with Crippen molar-refractivity contribution in [1.82, 2.24) is 0 Å². The van der Waals surface area contributed by atoms with Crippen LogP contribution in [0.5, 0.6) is 5.75 Å². The number of amides is 1. The van der Waals surface area contributed by atoms with E-state index >= 15 is 0 Å². The van der Waals surface area contributed by atoms with Gasteiger partial charge in [-0.3, -0.25) is 9.59 Å². The smallest absolute Gasteiger partial charge is 0.262 e. The van der Waals surface area contributed by atoms with Gasteiger partial charge in [0.1, 0.15) is 5.75 Å². The van der Waals surface area contributed by atoms with E-state index in [0.717, 1.165) is 24.9 Å². The molecule has 0 spiro atoms. The number of aryl methyl sites for hydroxylation is 1. The Labute approximate surface area is 148 Å². The van der Waals surface area contributed by atoms with Gasteiger partial charge in [0.05, 0.1) is 5.69 Å². The summed E-state index contributed by atoms with van der Waals surface area (Å²) in [5, 5.41) is 2.79. The van der Waals surface area contributed by atoms with Crippen LogP contribution in [-0.4, -0.2) is 18.3 Å². The molecule has 25 heavy (non-hydrogen) atoms. The van der Waals surface area contributed by atoms with Crippen molar-refractivity contribution < 1.29 is 14.3 Å². The van der Waals surface area contributed by atoms with Gasteiger partial charge in [0.2, 0.25) is 0 Å². The summed E-state index contributed by atoms with van der Waals surface area (Å²) >= 11 is 0. The Balaban J connectivity index is 1.87. The SMILES string of the molecule is CCCCc1ccc(NC(=O)COc2ccc(C(C)=O)cc2N)cc1. The maximum atomic E-state index is 12.0. The van der Waals surface area contributed by atoms with Gasteiger partial charge < -0.3 is 15.8 Å². The van der Waals surface area contributed by atoms with Gasteiger partial charge in [0.15, 0.2) is 12.4 Å². The zero-order valence-corrected chi connectivity index (χ0v) is 14.7. The molecule has 0 unspecified atom stereocenters. The molecular formula is C20H24N2O3. The molecule has 0 aliphatic heterocycles. The van der Waals surface area contributed by atoms with Crippen LogP contribution in [-0.2, 0) is 11.2 Å². The summed E-state index contributed by atoms with van der Waals surface area (Å²) < 4.78 is 5.43. The first-order valence-corrected chi connectivity index (χ1v) is 8.41. The summed E-state index contributed by atoms with van der Waals surface area (Å²) in [6, 6.07) is 12.6. The third-order valence-electron chi connectivity index (χ3n) is 3.83. The molecule has 2 aromatic rings. The number of ketones is 1. The van der Waals surface area contributed by atoms with Gasteiger partial charge in [-0.15, -0.1) is 0 Å². The Morgan fingerprint density at radius 2 is 1.84 bits per heavy atom. The van der Waals surface area contributed by atoms with Crippen LogP contribution in [0.15, 0.2) is 42.5 Å². The number of unbranched alkanes of at least 4 members (excludes halogenated alkanes) is 1. The number of nitrogens with two attached hydrogens (primary N) is 1. The molecule has 2 rings (SSSR count). The van der Waals surface area contributed by atoms with Gasteiger partial charge in [0, 0.05) is 11.3 Å². The van der Waals surface area contributed by atoms with Crippen LogP contribution in [0.3, 0.4) is 0 Å². The molecule has 2 aromatic carbocycles.